The van der Waals surface area contributed by atoms with Crippen molar-refractivity contribution in [2.75, 3.05) is 14.2 Å². The molecule has 0 radical (unpaired) electrons. The fourth-order valence-corrected chi connectivity index (χ4v) is 3.32. The highest BCUT2D eigenvalue weighted by Gasteiger charge is 2.28. The standard InChI is InChI=1S/C21H20O6/c1-12-10-17(22)20(21(24)27-12)16(11-19(23)26-3)14-8-9-18(25-2)15-7-5-4-6-13(14)15/h4-10,16,22H,11H2,1-3H3. The lowest BCUT2D eigenvalue weighted by atomic mass is 9.85. The number of hydrogen-bond donors (Lipinski definition) is 1. The molecule has 3 aromatic rings. The Labute approximate surface area is 156 Å². The molecule has 27 heavy (non-hydrogen) atoms. The largest absolute Gasteiger partial charge is 0.507 e. The van der Waals surface area contributed by atoms with Crippen LogP contribution in [0.1, 0.15) is 29.2 Å². The maximum Gasteiger partial charge on any atom is 0.343 e. The molecule has 0 saturated carbocycles. The van der Waals surface area contributed by atoms with Crippen LogP contribution in [0.5, 0.6) is 11.5 Å². The lowest BCUT2D eigenvalue weighted by molar-refractivity contribution is -0.140. The summed E-state index contributed by atoms with van der Waals surface area (Å²) in [6.45, 7) is 1.57. The van der Waals surface area contributed by atoms with E-state index in [0.717, 1.165) is 10.8 Å². The Morgan fingerprint density at radius 1 is 1.15 bits per heavy atom. The molecule has 3 rings (SSSR count). The monoisotopic (exact) mass is 368 g/mol. The molecular weight excluding hydrogens is 348 g/mol. The summed E-state index contributed by atoms with van der Waals surface area (Å²) < 4.78 is 15.4. The van der Waals surface area contributed by atoms with E-state index in [2.05, 4.69) is 0 Å². The summed E-state index contributed by atoms with van der Waals surface area (Å²) in [5.41, 5.74) is 0.0471. The summed E-state index contributed by atoms with van der Waals surface area (Å²) in [6.07, 6.45) is -0.117. The maximum absolute atomic E-state index is 12.5. The number of rotatable bonds is 5. The van der Waals surface area contributed by atoms with E-state index in [4.69, 9.17) is 13.9 Å². The quantitative estimate of drug-likeness (QED) is 0.694. The second kappa shape index (κ2) is 7.53. The fourth-order valence-electron chi connectivity index (χ4n) is 3.32. The van der Waals surface area contributed by atoms with E-state index in [9.17, 15) is 14.7 Å². The van der Waals surface area contributed by atoms with Crippen molar-refractivity contribution in [3.05, 3.63) is 69.8 Å². The highest BCUT2D eigenvalue weighted by molar-refractivity contribution is 5.92. The first-order valence-electron chi connectivity index (χ1n) is 8.42. The van der Waals surface area contributed by atoms with Crippen LogP contribution < -0.4 is 10.4 Å². The number of aromatic hydroxyl groups is 1. The number of carbonyl (C=O) groups is 1. The Morgan fingerprint density at radius 3 is 2.48 bits per heavy atom. The van der Waals surface area contributed by atoms with Crippen LogP contribution in [0.2, 0.25) is 0 Å². The zero-order chi connectivity index (χ0) is 19.6. The van der Waals surface area contributed by atoms with E-state index in [1.165, 1.54) is 13.2 Å². The molecule has 0 fully saturated rings. The second-order valence-electron chi connectivity index (χ2n) is 6.18. The molecule has 6 heteroatoms. The molecule has 1 aromatic heterocycles. The molecule has 0 spiro atoms. The van der Waals surface area contributed by atoms with Gasteiger partial charge in [-0.25, -0.2) is 4.79 Å². The Morgan fingerprint density at radius 2 is 1.85 bits per heavy atom. The lowest BCUT2D eigenvalue weighted by Crippen LogP contribution is -2.18. The highest BCUT2D eigenvalue weighted by atomic mass is 16.5. The number of hydrogen-bond acceptors (Lipinski definition) is 6. The van der Waals surface area contributed by atoms with E-state index < -0.39 is 17.5 Å². The van der Waals surface area contributed by atoms with Crippen LogP contribution in [0, 0.1) is 6.92 Å². The van der Waals surface area contributed by atoms with Crippen LogP contribution in [-0.4, -0.2) is 25.3 Å². The third kappa shape index (κ3) is 3.51. The van der Waals surface area contributed by atoms with Crippen LogP contribution in [0.4, 0.5) is 0 Å². The fraction of sp³-hybridized carbons (Fsp3) is 0.238. The molecular formula is C21H20O6. The predicted octanol–water partition coefficient (Wildman–Crippen LogP) is 3.51. The van der Waals surface area contributed by atoms with Crippen molar-refractivity contribution in [1.29, 1.82) is 0 Å². The van der Waals surface area contributed by atoms with Gasteiger partial charge in [-0.15, -0.1) is 0 Å². The number of esters is 1. The van der Waals surface area contributed by atoms with Crippen molar-refractivity contribution < 1.29 is 23.8 Å². The van der Waals surface area contributed by atoms with Crippen molar-refractivity contribution in [2.24, 2.45) is 0 Å². The van der Waals surface area contributed by atoms with Crippen LogP contribution in [0.3, 0.4) is 0 Å². The SMILES string of the molecule is COC(=O)CC(c1c(O)cc(C)oc1=O)c1ccc(OC)c2ccccc12. The van der Waals surface area contributed by atoms with Gasteiger partial charge < -0.3 is 19.0 Å². The lowest BCUT2D eigenvalue weighted by Gasteiger charge is -2.20. The summed E-state index contributed by atoms with van der Waals surface area (Å²) in [6, 6.07) is 12.4. The van der Waals surface area contributed by atoms with E-state index in [1.807, 2.05) is 24.3 Å². The molecule has 2 aromatic carbocycles. The Balaban J connectivity index is 2.29. The van der Waals surface area contributed by atoms with E-state index >= 15 is 0 Å². The number of methoxy groups -OCH3 is 2. The number of fused-ring (bicyclic) bond motifs is 1. The van der Waals surface area contributed by atoms with Gasteiger partial charge in [0.05, 0.1) is 26.2 Å². The average Bonchev–Trinajstić information content (AvgIpc) is 2.65. The third-order valence-corrected chi connectivity index (χ3v) is 4.55. The normalized spacial score (nSPS) is 12.0. The van der Waals surface area contributed by atoms with Crippen molar-refractivity contribution in [3.63, 3.8) is 0 Å². The number of carbonyl (C=O) groups excluding carboxylic acids is 1. The molecule has 140 valence electrons. The summed E-state index contributed by atoms with van der Waals surface area (Å²) in [4.78, 5) is 24.6. The second-order valence-corrected chi connectivity index (χ2v) is 6.18. The first-order valence-corrected chi connectivity index (χ1v) is 8.42. The third-order valence-electron chi connectivity index (χ3n) is 4.55. The van der Waals surface area contributed by atoms with Gasteiger partial charge in [0.25, 0.3) is 0 Å². The number of benzene rings is 2. The molecule has 6 nitrogen and oxygen atoms in total. The van der Waals surface area contributed by atoms with Gasteiger partial charge >= 0.3 is 11.6 Å². The average molecular weight is 368 g/mol. The van der Waals surface area contributed by atoms with Crippen molar-refractivity contribution in [2.45, 2.75) is 19.3 Å². The molecule has 1 atom stereocenters. The number of ether oxygens (including phenoxy) is 2. The Hall–Kier alpha value is -3.28. The molecule has 0 amide bonds. The zero-order valence-electron chi connectivity index (χ0n) is 15.3. The minimum absolute atomic E-state index is 0.0290. The van der Waals surface area contributed by atoms with Gasteiger partial charge in [-0.05, 0) is 23.9 Å². The summed E-state index contributed by atoms with van der Waals surface area (Å²) in [5, 5.41) is 12.1. The van der Waals surface area contributed by atoms with Gasteiger partial charge in [-0.2, -0.15) is 0 Å². The van der Waals surface area contributed by atoms with Gasteiger partial charge in [0.15, 0.2) is 0 Å². The van der Waals surface area contributed by atoms with Crippen LogP contribution >= 0.6 is 0 Å². The zero-order valence-corrected chi connectivity index (χ0v) is 15.3. The molecule has 0 aliphatic carbocycles. The van der Waals surface area contributed by atoms with Crippen molar-refractivity contribution in [3.8, 4) is 11.5 Å². The molecule has 1 N–H and O–H groups in total. The minimum atomic E-state index is -0.731. The molecule has 0 aliphatic heterocycles. The van der Waals surface area contributed by atoms with Crippen molar-refractivity contribution in [1.82, 2.24) is 0 Å². The highest BCUT2D eigenvalue weighted by Crippen LogP contribution is 2.38. The summed E-state index contributed by atoms with van der Waals surface area (Å²) >= 11 is 0. The molecule has 0 bridgehead atoms. The number of aryl methyl sites for hydroxylation is 1. The van der Waals surface area contributed by atoms with Gasteiger partial charge in [0.2, 0.25) is 0 Å². The molecule has 0 saturated heterocycles. The summed E-state index contributed by atoms with van der Waals surface area (Å²) in [7, 11) is 2.86. The first-order chi connectivity index (χ1) is 13.0. The van der Waals surface area contributed by atoms with Gasteiger partial charge in [-0.3, -0.25) is 4.79 Å². The van der Waals surface area contributed by atoms with E-state index in [0.29, 0.717) is 11.3 Å². The summed E-state index contributed by atoms with van der Waals surface area (Å²) in [5.74, 6) is -0.481. The topological polar surface area (TPSA) is 86.0 Å². The van der Waals surface area contributed by atoms with Gasteiger partial charge in [0.1, 0.15) is 17.3 Å². The van der Waals surface area contributed by atoms with Gasteiger partial charge in [0, 0.05) is 17.4 Å². The molecule has 0 aliphatic rings. The first kappa shape index (κ1) is 18.5. The minimum Gasteiger partial charge on any atom is -0.507 e. The van der Waals surface area contributed by atoms with Crippen LogP contribution in [0.15, 0.2) is 51.7 Å². The smallest absolute Gasteiger partial charge is 0.343 e. The molecule has 1 unspecified atom stereocenters. The predicted molar refractivity (Wildman–Crippen MR) is 100 cm³/mol. The Kier molecular flexibility index (Phi) is 5.16. The van der Waals surface area contributed by atoms with Crippen LogP contribution in [-0.2, 0) is 9.53 Å². The van der Waals surface area contributed by atoms with E-state index in [1.54, 1.807) is 26.2 Å². The maximum atomic E-state index is 12.5. The van der Waals surface area contributed by atoms with Crippen LogP contribution in [0.25, 0.3) is 10.8 Å². The molecule has 1 heterocycles. The Bertz CT molecular complexity index is 1050. The van der Waals surface area contributed by atoms with Crippen molar-refractivity contribution >= 4 is 16.7 Å². The van der Waals surface area contributed by atoms with E-state index in [-0.39, 0.29) is 23.5 Å². The van der Waals surface area contributed by atoms with Gasteiger partial charge in [-0.1, -0.05) is 30.3 Å².